The number of hydrogen-bond acceptors (Lipinski definition) is 6. The Morgan fingerprint density at radius 3 is 0.795 bits per heavy atom. The van der Waals surface area contributed by atoms with Gasteiger partial charge in [0.15, 0.2) is 6.10 Å². The van der Waals surface area contributed by atoms with E-state index in [9.17, 15) is 14.4 Å². The Labute approximate surface area is 483 Å². The molecule has 0 N–H and O–H groups in total. The van der Waals surface area contributed by atoms with Gasteiger partial charge in [0.2, 0.25) is 0 Å². The Morgan fingerprint density at radius 1 is 0.269 bits per heavy atom. The Bertz CT molecular complexity index is 1530. The van der Waals surface area contributed by atoms with Crippen LogP contribution in [-0.4, -0.2) is 37.2 Å². The van der Waals surface area contributed by atoms with Gasteiger partial charge in [-0.15, -0.1) is 0 Å². The molecule has 0 saturated heterocycles. The molecule has 0 aromatic rings. The second kappa shape index (κ2) is 65.8. The number of esters is 3. The van der Waals surface area contributed by atoms with E-state index in [0.29, 0.717) is 19.3 Å². The predicted molar refractivity (Wildman–Crippen MR) is 339 cm³/mol. The summed E-state index contributed by atoms with van der Waals surface area (Å²) in [6, 6.07) is 0. The van der Waals surface area contributed by atoms with Crippen LogP contribution in [0, 0.1) is 0 Å². The summed E-state index contributed by atoms with van der Waals surface area (Å²) in [6.45, 7) is 6.52. The molecule has 448 valence electrons. The molecule has 0 aliphatic heterocycles. The largest absolute Gasteiger partial charge is 0.462 e. The summed E-state index contributed by atoms with van der Waals surface area (Å²) >= 11 is 0. The Kier molecular flexibility index (Phi) is 62.7. The van der Waals surface area contributed by atoms with Crippen molar-refractivity contribution in [2.75, 3.05) is 13.2 Å². The van der Waals surface area contributed by atoms with Crippen LogP contribution in [-0.2, 0) is 28.6 Å². The summed E-state index contributed by atoms with van der Waals surface area (Å²) < 4.78 is 16.9. The third-order valence-corrected chi connectivity index (χ3v) is 14.3. The van der Waals surface area contributed by atoms with Gasteiger partial charge in [0.05, 0.1) is 0 Å². The predicted octanol–water partition coefficient (Wildman–Crippen LogP) is 22.8. The van der Waals surface area contributed by atoms with E-state index in [1.165, 1.54) is 173 Å². The van der Waals surface area contributed by atoms with E-state index in [1.807, 2.05) is 0 Å². The van der Waals surface area contributed by atoms with Gasteiger partial charge in [-0.2, -0.15) is 0 Å². The summed E-state index contributed by atoms with van der Waals surface area (Å²) in [5, 5.41) is 0. The van der Waals surface area contributed by atoms with Crippen LogP contribution in [0.25, 0.3) is 0 Å². The minimum Gasteiger partial charge on any atom is -0.462 e. The van der Waals surface area contributed by atoms with Crippen molar-refractivity contribution in [3.05, 3.63) is 97.2 Å². The fourth-order valence-corrected chi connectivity index (χ4v) is 9.36. The van der Waals surface area contributed by atoms with Crippen molar-refractivity contribution in [1.29, 1.82) is 0 Å². The molecule has 6 heteroatoms. The monoisotopic (exact) mass is 1080 g/mol. The van der Waals surface area contributed by atoms with Crippen molar-refractivity contribution in [3.8, 4) is 0 Å². The van der Waals surface area contributed by atoms with Gasteiger partial charge in [0.1, 0.15) is 13.2 Å². The lowest BCUT2D eigenvalue weighted by molar-refractivity contribution is -0.167. The molecule has 0 aromatic heterocycles. The Hall–Kier alpha value is -3.67. The second-order valence-electron chi connectivity index (χ2n) is 22.0. The van der Waals surface area contributed by atoms with Crippen LogP contribution >= 0.6 is 0 Å². The van der Waals surface area contributed by atoms with E-state index in [2.05, 4.69) is 118 Å². The molecule has 0 spiro atoms. The van der Waals surface area contributed by atoms with Crippen molar-refractivity contribution in [2.24, 2.45) is 0 Å². The minimum atomic E-state index is -0.779. The Morgan fingerprint density at radius 2 is 0.500 bits per heavy atom. The zero-order valence-electron chi connectivity index (χ0n) is 51.4. The summed E-state index contributed by atoms with van der Waals surface area (Å²) in [7, 11) is 0. The normalized spacial score (nSPS) is 12.7. The third kappa shape index (κ3) is 63.2. The second-order valence-corrected chi connectivity index (χ2v) is 22.0. The van der Waals surface area contributed by atoms with Crippen LogP contribution in [0.4, 0.5) is 0 Å². The average molecular weight is 1090 g/mol. The first-order chi connectivity index (χ1) is 38.5. The molecule has 78 heavy (non-hydrogen) atoms. The van der Waals surface area contributed by atoms with Crippen molar-refractivity contribution in [3.63, 3.8) is 0 Å². The molecule has 6 nitrogen and oxygen atoms in total. The molecular formula is C72H124O6. The highest BCUT2D eigenvalue weighted by Crippen LogP contribution is 2.16. The molecule has 0 aliphatic rings. The molecule has 0 aliphatic carbocycles. The van der Waals surface area contributed by atoms with Crippen LogP contribution in [0.3, 0.4) is 0 Å². The molecule has 0 amide bonds. The van der Waals surface area contributed by atoms with Gasteiger partial charge in [0.25, 0.3) is 0 Å². The van der Waals surface area contributed by atoms with Crippen molar-refractivity contribution in [2.45, 2.75) is 329 Å². The zero-order chi connectivity index (χ0) is 56.4. The maximum atomic E-state index is 12.9. The molecule has 0 heterocycles. The number of ether oxygens (including phenoxy) is 3. The SMILES string of the molecule is CC/C=C\C/C=C\C/C=C\C/C=C\C/C=C\C/C=C\C/C=C\CCCCCCCCCCCC(=O)OCC(COC(=O)CCCCCCCCCC)OC(=O)CCCCCCCCCCC/C=C\CCCCCCCCCC. The highest BCUT2D eigenvalue weighted by molar-refractivity contribution is 5.71. The van der Waals surface area contributed by atoms with Crippen LogP contribution in [0.15, 0.2) is 97.2 Å². The van der Waals surface area contributed by atoms with Crippen LogP contribution < -0.4 is 0 Å². The van der Waals surface area contributed by atoms with E-state index in [1.54, 1.807) is 0 Å². The molecule has 0 rings (SSSR count). The summed E-state index contributed by atoms with van der Waals surface area (Å²) in [5.74, 6) is -0.879. The molecule has 1 atom stereocenters. The lowest BCUT2D eigenvalue weighted by Gasteiger charge is -2.18. The molecule has 0 radical (unpaired) electrons. The number of allylic oxidation sites excluding steroid dienone is 16. The molecule has 0 fully saturated rings. The van der Waals surface area contributed by atoms with Gasteiger partial charge in [-0.3, -0.25) is 14.4 Å². The molecule has 0 aromatic carbocycles. The van der Waals surface area contributed by atoms with Crippen molar-refractivity contribution < 1.29 is 28.6 Å². The smallest absolute Gasteiger partial charge is 0.306 e. The van der Waals surface area contributed by atoms with E-state index >= 15 is 0 Å². The van der Waals surface area contributed by atoms with Crippen molar-refractivity contribution in [1.82, 2.24) is 0 Å². The molecule has 0 saturated carbocycles. The molecular weight excluding hydrogens is 961 g/mol. The Balaban J connectivity index is 4.17. The van der Waals surface area contributed by atoms with E-state index in [-0.39, 0.29) is 31.1 Å². The van der Waals surface area contributed by atoms with E-state index in [0.717, 1.165) is 109 Å². The van der Waals surface area contributed by atoms with Gasteiger partial charge in [-0.1, -0.05) is 298 Å². The summed E-state index contributed by atoms with van der Waals surface area (Å²) in [5.41, 5.74) is 0. The van der Waals surface area contributed by atoms with Gasteiger partial charge in [-0.05, 0) is 103 Å². The first-order valence-corrected chi connectivity index (χ1v) is 33.2. The van der Waals surface area contributed by atoms with Crippen LogP contribution in [0.2, 0.25) is 0 Å². The quantitative estimate of drug-likeness (QED) is 0.0261. The maximum absolute atomic E-state index is 12.9. The van der Waals surface area contributed by atoms with E-state index in [4.69, 9.17) is 14.2 Å². The average Bonchev–Trinajstić information content (AvgIpc) is 3.44. The summed E-state index contributed by atoms with van der Waals surface area (Å²) in [6.07, 6.45) is 88.6. The third-order valence-electron chi connectivity index (χ3n) is 14.3. The number of carbonyl (C=O) groups excluding carboxylic acids is 3. The first kappa shape index (κ1) is 74.3. The molecule has 0 bridgehead atoms. The lowest BCUT2D eigenvalue weighted by atomic mass is 10.1. The number of rotatable bonds is 60. The van der Waals surface area contributed by atoms with Crippen LogP contribution in [0.1, 0.15) is 323 Å². The lowest BCUT2D eigenvalue weighted by Crippen LogP contribution is -2.30. The fraction of sp³-hybridized carbons (Fsp3) is 0.736. The van der Waals surface area contributed by atoms with Gasteiger partial charge in [-0.25, -0.2) is 0 Å². The summed E-state index contributed by atoms with van der Waals surface area (Å²) in [4.78, 5) is 38.2. The number of unbranched alkanes of at least 4 members (excludes halogenated alkanes) is 33. The van der Waals surface area contributed by atoms with Gasteiger partial charge in [0, 0.05) is 19.3 Å². The van der Waals surface area contributed by atoms with Gasteiger partial charge < -0.3 is 14.2 Å². The fourth-order valence-electron chi connectivity index (χ4n) is 9.36. The van der Waals surface area contributed by atoms with Gasteiger partial charge >= 0.3 is 17.9 Å². The maximum Gasteiger partial charge on any atom is 0.306 e. The standard InChI is InChI=1S/C72H124O6/c1-4-7-10-13-16-19-21-23-25-27-29-31-32-33-34-35-36-37-38-39-40-42-43-45-47-49-51-53-56-59-62-65-71(74)77-68-69(67-76-70(73)64-61-58-55-18-15-12-9-6-3)78-72(75)66-63-60-57-54-52-50-48-46-44-41-30-28-26-24-22-20-17-14-11-8-5-2/h7,10,16,19,23,25,28-31,33-34,36-37,39-40,69H,4-6,8-9,11-15,17-18,20-22,24,26-27,32,35,38,41-68H2,1-3H3/b10-7-,19-16-,25-23-,30-28-,31-29-,34-33-,37-36-,40-39-. The number of hydrogen-bond donors (Lipinski definition) is 0. The van der Waals surface area contributed by atoms with Crippen LogP contribution in [0.5, 0.6) is 0 Å². The molecule has 1 unspecified atom stereocenters. The zero-order valence-corrected chi connectivity index (χ0v) is 51.4. The minimum absolute atomic E-state index is 0.0771. The van der Waals surface area contributed by atoms with Crippen molar-refractivity contribution >= 4 is 17.9 Å². The topological polar surface area (TPSA) is 78.9 Å². The van der Waals surface area contributed by atoms with E-state index < -0.39 is 6.10 Å². The first-order valence-electron chi connectivity index (χ1n) is 33.2. The highest BCUT2D eigenvalue weighted by Gasteiger charge is 2.19. The number of carbonyl (C=O) groups is 3. The highest BCUT2D eigenvalue weighted by atomic mass is 16.6.